The lowest BCUT2D eigenvalue weighted by Gasteiger charge is -2.17. The number of aromatic hydroxyl groups is 2. The fourth-order valence-corrected chi connectivity index (χ4v) is 2.22. The van der Waals surface area contributed by atoms with E-state index >= 15 is 0 Å². The van der Waals surface area contributed by atoms with Crippen molar-refractivity contribution in [2.75, 3.05) is 13.1 Å². The van der Waals surface area contributed by atoms with Gasteiger partial charge >= 0.3 is 0 Å². The Hall–Kier alpha value is -2.24. The predicted molar refractivity (Wildman–Crippen MR) is 67.9 cm³/mol. The fraction of sp³-hybridized carbons (Fsp3) is 0.385. The van der Waals surface area contributed by atoms with E-state index in [1.807, 2.05) is 0 Å². The van der Waals surface area contributed by atoms with Gasteiger partial charge in [-0.3, -0.25) is 9.59 Å². The highest BCUT2D eigenvalue weighted by molar-refractivity contribution is 5.97. The number of carbonyl (C=O) groups excluding carboxylic acids is 2. The van der Waals surface area contributed by atoms with Crippen LogP contribution in [0.15, 0.2) is 18.2 Å². The minimum atomic E-state index is -0.346. The molecule has 0 aromatic heterocycles. The molecule has 0 saturated carbocycles. The zero-order valence-electron chi connectivity index (χ0n) is 10.6. The summed E-state index contributed by atoms with van der Waals surface area (Å²) in [7, 11) is 0. The fourth-order valence-electron chi connectivity index (χ4n) is 2.22. The summed E-state index contributed by atoms with van der Waals surface area (Å²) in [5, 5.41) is 21.8. The summed E-state index contributed by atoms with van der Waals surface area (Å²) >= 11 is 0. The van der Waals surface area contributed by atoms with Gasteiger partial charge < -0.3 is 20.4 Å². The van der Waals surface area contributed by atoms with Gasteiger partial charge in [0, 0.05) is 26.1 Å². The van der Waals surface area contributed by atoms with Gasteiger partial charge in [0.25, 0.3) is 5.91 Å². The molecule has 0 aliphatic carbocycles. The molecule has 3 N–H and O–H groups in total. The molecule has 1 aliphatic heterocycles. The van der Waals surface area contributed by atoms with Crippen molar-refractivity contribution in [2.45, 2.75) is 19.4 Å². The Morgan fingerprint density at radius 1 is 1.37 bits per heavy atom. The summed E-state index contributed by atoms with van der Waals surface area (Å²) in [6.45, 7) is 2.36. The summed E-state index contributed by atoms with van der Waals surface area (Å²) < 4.78 is 0. The van der Waals surface area contributed by atoms with Crippen molar-refractivity contribution in [3.05, 3.63) is 23.8 Å². The van der Waals surface area contributed by atoms with E-state index in [9.17, 15) is 19.8 Å². The average Bonchev–Trinajstić information content (AvgIpc) is 2.79. The molecular weight excluding hydrogens is 248 g/mol. The number of nitrogens with zero attached hydrogens (tertiary/aromatic N) is 1. The second-order valence-corrected chi connectivity index (χ2v) is 4.64. The lowest BCUT2D eigenvalue weighted by Crippen LogP contribution is -2.37. The highest BCUT2D eigenvalue weighted by atomic mass is 16.3. The van der Waals surface area contributed by atoms with Gasteiger partial charge in [0.2, 0.25) is 5.91 Å². The minimum Gasteiger partial charge on any atom is -0.508 e. The van der Waals surface area contributed by atoms with Crippen molar-refractivity contribution < 1.29 is 19.8 Å². The molecule has 6 nitrogen and oxygen atoms in total. The number of hydrogen-bond donors (Lipinski definition) is 3. The number of likely N-dealkylation sites (tertiary alicyclic amines) is 1. The van der Waals surface area contributed by atoms with Crippen LogP contribution in [0.4, 0.5) is 0 Å². The first-order valence-corrected chi connectivity index (χ1v) is 6.05. The van der Waals surface area contributed by atoms with Crippen molar-refractivity contribution in [3.8, 4) is 11.5 Å². The van der Waals surface area contributed by atoms with Crippen LogP contribution in [0.1, 0.15) is 23.7 Å². The number of phenolic OH excluding ortho intramolecular Hbond substituents is 2. The Balaban J connectivity index is 2.09. The number of nitrogens with one attached hydrogen (secondary N) is 1. The molecule has 2 rings (SSSR count). The van der Waals surface area contributed by atoms with Gasteiger partial charge in [0.05, 0.1) is 5.56 Å². The maximum absolute atomic E-state index is 12.2. The van der Waals surface area contributed by atoms with Gasteiger partial charge in [0.15, 0.2) is 0 Å². The quantitative estimate of drug-likeness (QED) is 0.676. The largest absolute Gasteiger partial charge is 0.508 e. The van der Waals surface area contributed by atoms with Crippen LogP contribution in [0.2, 0.25) is 0 Å². The first kappa shape index (κ1) is 13.2. The zero-order valence-corrected chi connectivity index (χ0v) is 10.6. The molecule has 1 aliphatic rings. The maximum Gasteiger partial charge on any atom is 0.257 e. The van der Waals surface area contributed by atoms with Crippen LogP contribution < -0.4 is 5.32 Å². The summed E-state index contributed by atoms with van der Waals surface area (Å²) in [5.74, 6) is -0.703. The predicted octanol–water partition coefficient (Wildman–Crippen LogP) is 0.448. The molecule has 1 unspecified atom stereocenters. The normalized spacial score (nSPS) is 18.4. The summed E-state index contributed by atoms with van der Waals surface area (Å²) in [6.07, 6.45) is 0.685. The van der Waals surface area contributed by atoms with Gasteiger partial charge in [-0.1, -0.05) is 0 Å². The molecule has 102 valence electrons. The van der Waals surface area contributed by atoms with Gasteiger partial charge in [-0.05, 0) is 24.6 Å². The number of benzene rings is 1. The Labute approximate surface area is 110 Å². The van der Waals surface area contributed by atoms with E-state index in [0.717, 1.165) is 0 Å². The third kappa shape index (κ3) is 2.96. The minimum absolute atomic E-state index is 0.0547. The highest BCUT2D eigenvalue weighted by Gasteiger charge is 2.28. The van der Waals surface area contributed by atoms with E-state index in [2.05, 4.69) is 5.32 Å². The Bertz CT molecular complexity index is 515. The van der Waals surface area contributed by atoms with Crippen molar-refractivity contribution in [3.63, 3.8) is 0 Å². The SMILES string of the molecule is CC(=O)NC1CCN(C(=O)c2cc(O)ccc2O)C1. The second kappa shape index (κ2) is 5.17. The van der Waals surface area contributed by atoms with Crippen LogP contribution in [0.3, 0.4) is 0 Å². The molecule has 0 spiro atoms. The first-order chi connectivity index (χ1) is 8.97. The average molecular weight is 264 g/mol. The lowest BCUT2D eigenvalue weighted by molar-refractivity contribution is -0.119. The Kier molecular flexibility index (Phi) is 3.59. The van der Waals surface area contributed by atoms with Crippen LogP contribution in [-0.2, 0) is 4.79 Å². The number of hydrogen-bond acceptors (Lipinski definition) is 4. The highest BCUT2D eigenvalue weighted by Crippen LogP contribution is 2.25. The molecular formula is C13H16N2O4. The van der Waals surface area contributed by atoms with E-state index in [-0.39, 0.29) is 34.9 Å². The smallest absolute Gasteiger partial charge is 0.257 e. The van der Waals surface area contributed by atoms with Gasteiger partial charge in [0.1, 0.15) is 11.5 Å². The summed E-state index contributed by atoms with van der Waals surface area (Å²) in [6, 6.07) is 3.78. The summed E-state index contributed by atoms with van der Waals surface area (Å²) in [5.41, 5.74) is 0.0727. The molecule has 0 radical (unpaired) electrons. The maximum atomic E-state index is 12.2. The van der Waals surface area contributed by atoms with Crippen LogP contribution in [-0.4, -0.2) is 46.1 Å². The molecule has 1 heterocycles. The molecule has 19 heavy (non-hydrogen) atoms. The molecule has 1 fully saturated rings. The number of amides is 2. The van der Waals surface area contributed by atoms with E-state index in [0.29, 0.717) is 19.5 Å². The monoisotopic (exact) mass is 264 g/mol. The van der Waals surface area contributed by atoms with Crippen LogP contribution >= 0.6 is 0 Å². The van der Waals surface area contributed by atoms with Crippen molar-refractivity contribution in [1.82, 2.24) is 10.2 Å². The number of phenols is 2. The topological polar surface area (TPSA) is 89.9 Å². The van der Waals surface area contributed by atoms with E-state index in [4.69, 9.17) is 0 Å². The molecule has 1 saturated heterocycles. The van der Waals surface area contributed by atoms with Gasteiger partial charge in [-0.2, -0.15) is 0 Å². The Morgan fingerprint density at radius 3 is 2.79 bits per heavy atom. The lowest BCUT2D eigenvalue weighted by atomic mass is 10.1. The van der Waals surface area contributed by atoms with Crippen molar-refractivity contribution in [1.29, 1.82) is 0 Å². The molecule has 1 aromatic rings. The van der Waals surface area contributed by atoms with E-state index in [1.54, 1.807) is 4.90 Å². The van der Waals surface area contributed by atoms with Crippen LogP contribution in [0.5, 0.6) is 11.5 Å². The van der Waals surface area contributed by atoms with Crippen LogP contribution in [0, 0.1) is 0 Å². The first-order valence-electron chi connectivity index (χ1n) is 6.05. The third-order valence-corrected chi connectivity index (χ3v) is 3.09. The number of rotatable bonds is 2. The standard InChI is InChI=1S/C13H16N2O4/c1-8(16)14-9-4-5-15(7-9)13(19)11-6-10(17)2-3-12(11)18/h2-3,6,9,17-18H,4-5,7H2,1H3,(H,14,16). The number of carbonyl (C=O) groups is 2. The van der Waals surface area contributed by atoms with E-state index in [1.165, 1.54) is 25.1 Å². The van der Waals surface area contributed by atoms with E-state index < -0.39 is 0 Å². The summed E-state index contributed by atoms with van der Waals surface area (Å²) in [4.78, 5) is 24.7. The van der Waals surface area contributed by atoms with Crippen LogP contribution in [0.25, 0.3) is 0 Å². The molecule has 1 aromatic carbocycles. The van der Waals surface area contributed by atoms with Gasteiger partial charge in [-0.15, -0.1) is 0 Å². The zero-order chi connectivity index (χ0) is 14.0. The van der Waals surface area contributed by atoms with Crippen molar-refractivity contribution >= 4 is 11.8 Å². The second-order valence-electron chi connectivity index (χ2n) is 4.64. The molecule has 2 amide bonds. The van der Waals surface area contributed by atoms with Gasteiger partial charge in [-0.25, -0.2) is 0 Å². The molecule has 6 heteroatoms. The molecule has 1 atom stereocenters. The Morgan fingerprint density at radius 2 is 2.11 bits per heavy atom. The third-order valence-electron chi connectivity index (χ3n) is 3.09. The van der Waals surface area contributed by atoms with Crippen molar-refractivity contribution in [2.24, 2.45) is 0 Å². The molecule has 0 bridgehead atoms.